The van der Waals surface area contributed by atoms with Crippen molar-refractivity contribution in [3.8, 4) is 0 Å². The van der Waals surface area contributed by atoms with Crippen LogP contribution >= 0.6 is 23.4 Å². The van der Waals surface area contributed by atoms with Crippen molar-refractivity contribution >= 4 is 29.3 Å². The van der Waals surface area contributed by atoms with Crippen LogP contribution in [0.2, 0.25) is 5.02 Å². The van der Waals surface area contributed by atoms with Crippen LogP contribution < -0.4 is 0 Å². The molecular formula is C21H24ClN3OS. The first-order valence-electron chi connectivity index (χ1n) is 9.49. The molecule has 2 aromatic rings. The van der Waals surface area contributed by atoms with Crippen molar-refractivity contribution < 1.29 is 4.79 Å². The highest BCUT2D eigenvalue weighted by Gasteiger charge is 2.44. The fraction of sp³-hybridized carbons (Fsp3) is 0.476. The fourth-order valence-corrected chi connectivity index (χ4v) is 5.54. The van der Waals surface area contributed by atoms with Crippen molar-refractivity contribution in [3.63, 3.8) is 0 Å². The summed E-state index contributed by atoms with van der Waals surface area (Å²) in [6.45, 7) is 3.60. The average molecular weight is 402 g/mol. The zero-order chi connectivity index (χ0) is 18.9. The van der Waals surface area contributed by atoms with Gasteiger partial charge in [0.05, 0.1) is 11.4 Å². The number of rotatable bonds is 4. The summed E-state index contributed by atoms with van der Waals surface area (Å²) < 4.78 is 0. The summed E-state index contributed by atoms with van der Waals surface area (Å²) in [4.78, 5) is 24.0. The number of aryl methyl sites for hydroxylation is 2. The van der Waals surface area contributed by atoms with Gasteiger partial charge in [-0.05, 0) is 49.8 Å². The van der Waals surface area contributed by atoms with Gasteiger partial charge >= 0.3 is 0 Å². The van der Waals surface area contributed by atoms with Gasteiger partial charge in [-0.3, -0.25) is 4.79 Å². The second kappa shape index (κ2) is 7.80. The van der Waals surface area contributed by atoms with Crippen molar-refractivity contribution in [2.75, 3.05) is 18.8 Å². The molecule has 1 aliphatic carbocycles. The number of carbonyl (C=O) groups excluding carboxylic acids is 1. The third kappa shape index (κ3) is 3.85. The molecular weight excluding hydrogens is 378 g/mol. The molecule has 27 heavy (non-hydrogen) atoms. The Bertz CT molecular complexity index is 855. The molecule has 1 unspecified atom stereocenters. The first kappa shape index (κ1) is 18.8. The van der Waals surface area contributed by atoms with E-state index in [-0.39, 0.29) is 11.3 Å². The molecule has 1 fully saturated rings. The van der Waals surface area contributed by atoms with Crippen LogP contribution in [0.4, 0.5) is 0 Å². The molecule has 6 heteroatoms. The minimum Gasteiger partial charge on any atom is -0.341 e. The van der Waals surface area contributed by atoms with E-state index in [0.29, 0.717) is 5.75 Å². The second-order valence-electron chi connectivity index (χ2n) is 7.57. The molecule has 1 aromatic heterocycles. The van der Waals surface area contributed by atoms with Gasteiger partial charge in [-0.15, -0.1) is 11.8 Å². The Morgan fingerprint density at radius 1 is 1.33 bits per heavy atom. The van der Waals surface area contributed by atoms with Crippen LogP contribution in [0.15, 0.2) is 30.5 Å². The van der Waals surface area contributed by atoms with E-state index in [1.54, 1.807) is 11.8 Å². The van der Waals surface area contributed by atoms with Gasteiger partial charge in [0.1, 0.15) is 5.82 Å². The van der Waals surface area contributed by atoms with E-state index < -0.39 is 0 Å². The number of amides is 1. The molecule has 1 atom stereocenters. The topological polar surface area (TPSA) is 46.1 Å². The summed E-state index contributed by atoms with van der Waals surface area (Å²) in [5.41, 5.74) is 3.58. The van der Waals surface area contributed by atoms with E-state index >= 15 is 0 Å². The lowest BCUT2D eigenvalue weighted by molar-refractivity contribution is -0.130. The predicted octanol–water partition coefficient (Wildman–Crippen LogP) is 4.18. The summed E-state index contributed by atoms with van der Waals surface area (Å²) in [5.74, 6) is 2.32. The molecule has 4 nitrogen and oxygen atoms in total. The molecule has 2 aliphatic rings. The molecule has 0 saturated carbocycles. The molecule has 2 heterocycles. The largest absolute Gasteiger partial charge is 0.341 e. The first-order valence-corrected chi connectivity index (χ1v) is 11.0. The summed E-state index contributed by atoms with van der Waals surface area (Å²) in [5, 5.41) is 0.770. The Morgan fingerprint density at radius 3 is 3.04 bits per heavy atom. The summed E-state index contributed by atoms with van der Waals surface area (Å²) in [7, 11) is 0. The lowest BCUT2D eigenvalue weighted by Crippen LogP contribution is -2.48. The van der Waals surface area contributed by atoms with Gasteiger partial charge < -0.3 is 4.90 Å². The number of hydrogen-bond acceptors (Lipinski definition) is 4. The molecule has 0 N–H and O–H groups in total. The van der Waals surface area contributed by atoms with Crippen molar-refractivity contribution in [1.29, 1.82) is 0 Å². The minimum atomic E-state index is 0.0321. The third-order valence-corrected chi connectivity index (χ3v) is 7.07. The zero-order valence-electron chi connectivity index (χ0n) is 15.6. The Hall–Kier alpha value is -1.59. The number of benzene rings is 1. The van der Waals surface area contributed by atoms with E-state index in [1.807, 2.05) is 37.4 Å². The molecule has 4 rings (SSSR count). The molecule has 1 amide bonds. The Balaban J connectivity index is 1.40. The Kier molecular flexibility index (Phi) is 5.42. The predicted molar refractivity (Wildman–Crippen MR) is 110 cm³/mol. The number of halogens is 1. The molecule has 1 saturated heterocycles. The number of nitrogens with zero attached hydrogens (tertiary/aromatic N) is 3. The Morgan fingerprint density at radius 2 is 2.19 bits per heavy atom. The number of fused-ring (bicyclic) bond motifs is 2. The highest BCUT2D eigenvalue weighted by atomic mass is 35.5. The number of thioether (sulfide) groups is 1. The first-order chi connectivity index (χ1) is 13.1. The lowest BCUT2D eigenvalue weighted by Gasteiger charge is -2.40. The zero-order valence-corrected chi connectivity index (χ0v) is 17.2. The average Bonchev–Trinajstić information content (AvgIpc) is 3.00. The van der Waals surface area contributed by atoms with E-state index in [2.05, 4.69) is 9.88 Å². The summed E-state index contributed by atoms with van der Waals surface area (Å²) in [6, 6.07) is 7.83. The van der Waals surface area contributed by atoms with Gasteiger partial charge in [0.15, 0.2) is 0 Å². The standard InChI is InChI=1S/C21H24ClN3OS/c1-15-23-11-16-7-9-21(20(16)24-15)8-4-10-25(14-21)19(26)13-27-12-17-5-2-3-6-18(17)22/h2-3,5-6,11H,4,7-10,12-14H2,1H3. The van der Waals surface area contributed by atoms with Crippen LogP contribution in [0.5, 0.6) is 0 Å². The van der Waals surface area contributed by atoms with E-state index in [9.17, 15) is 4.79 Å². The van der Waals surface area contributed by atoms with E-state index in [1.165, 1.54) is 11.3 Å². The monoisotopic (exact) mass is 401 g/mol. The maximum absolute atomic E-state index is 12.8. The highest BCUT2D eigenvalue weighted by molar-refractivity contribution is 7.99. The number of piperidine rings is 1. The van der Waals surface area contributed by atoms with Gasteiger partial charge in [-0.2, -0.15) is 0 Å². The number of aromatic nitrogens is 2. The smallest absolute Gasteiger partial charge is 0.232 e. The Labute approximate surface area is 169 Å². The minimum absolute atomic E-state index is 0.0321. The van der Waals surface area contributed by atoms with Gasteiger partial charge in [-0.25, -0.2) is 9.97 Å². The van der Waals surface area contributed by atoms with Crippen LogP contribution in [0.3, 0.4) is 0 Å². The fourth-order valence-electron chi connectivity index (χ4n) is 4.33. The molecule has 0 radical (unpaired) electrons. The second-order valence-corrected chi connectivity index (χ2v) is 8.97. The van der Waals surface area contributed by atoms with Crippen LogP contribution in [-0.4, -0.2) is 39.6 Å². The molecule has 142 valence electrons. The van der Waals surface area contributed by atoms with Gasteiger partial charge in [0.25, 0.3) is 0 Å². The van der Waals surface area contributed by atoms with Crippen molar-refractivity contribution in [1.82, 2.24) is 14.9 Å². The maximum Gasteiger partial charge on any atom is 0.232 e. The van der Waals surface area contributed by atoms with Gasteiger partial charge in [0.2, 0.25) is 5.91 Å². The normalized spacial score (nSPS) is 21.5. The number of hydrogen-bond donors (Lipinski definition) is 0. The van der Waals surface area contributed by atoms with Crippen molar-refractivity contribution in [3.05, 3.63) is 58.1 Å². The summed E-state index contributed by atoms with van der Waals surface area (Å²) >= 11 is 7.85. The van der Waals surface area contributed by atoms with Crippen LogP contribution in [0, 0.1) is 6.92 Å². The van der Waals surface area contributed by atoms with Gasteiger partial charge in [0, 0.05) is 35.5 Å². The highest BCUT2D eigenvalue weighted by Crippen LogP contribution is 2.43. The van der Waals surface area contributed by atoms with Crippen LogP contribution in [0.1, 0.15) is 41.9 Å². The van der Waals surface area contributed by atoms with Crippen LogP contribution in [0.25, 0.3) is 0 Å². The lowest BCUT2D eigenvalue weighted by atomic mass is 9.77. The van der Waals surface area contributed by atoms with E-state index in [4.69, 9.17) is 16.6 Å². The summed E-state index contributed by atoms with van der Waals surface area (Å²) in [6.07, 6.45) is 6.25. The molecule has 1 aliphatic heterocycles. The number of carbonyl (C=O) groups is 1. The third-order valence-electron chi connectivity index (χ3n) is 5.73. The molecule has 1 spiro atoms. The number of likely N-dealkylation sites (tertiary alicyclic amines) is 1. The van der Waals surface area contributed by atoms with Gasteiger partial charge in [-0.1, -0.05) is 29.8 Å². The van der Waals surface area contributed by atoms with Crippen molar-refractivity contribution in [2.45, 2.75) is 43.8 Å². The van der Waals surface area contributed by atoms with E-state index in [0.717, 1.165) is 60.9 Å². The molecule has 1 aromatic carbocycles. The van der Waals surface area contributed by atoms with Crippen LogP contribution in [-0.2, 0) is 22.4 Å². The quantitative estimate of drug-likeness (QED) is 0.771. The molecule has 0 bridgehead atoms. The maximum atomic E-state index is 12.8. The van der Waals surface area contributed by atoms with Crippen molar-refractivity contribution in [2.24, 2.45) is 0 Å². The SMILES string of the molecule is Cc1ncc2c(n1)C1(CCCN(C(=O)CSCc3ccccc3Cl)C1)CC2.